The van der Waals surface area contributed by atoms with E-state index in [0.717, 1.165) is 12.8 Å². The van der Waals surface area contributed by atoms with Gasteiger partial charge < -0.3 is 10.4 Å². The Kier molecular flexibility index (Phi) is 3.19. The Bertz CT molecular complexity index is 495. The van der Waals surface area contributed by atoms with Gasteiger partial charge in [-0.3, -0.25) is 9.59 Å². The van der Waals surface area contributed by atoms with E-state index < -0.39 is 0 Å². The molecule has 1 amide bonds. The van der Waals surface area contributed by atoms with Crippen LogP contribution >= 0.6 is 15.9 Å². The molecule has 1 aliphatic rings. The van der Waals surface area contributed by atoms with Crippen molar-refractivity contribution < 1.29 is 14.7 Å². The minimum absolute atomic E-state index is 0.0501. The zero-order valence-corrected chi connectivity index (χ0v) is 10.9. The summed E-state index contributed by atoms with van der Waals surface area (Å²) in [6.45, 7) is 1.44. The van der Waals surface area contributed by atoms with Crippen molar-refractivity contribution in [1.29, 1.82) is 0 Å². The number of hydrogen-bond acceptors (Lipinski definition) is 3. The normalized spacial score (nSPS) is 14.5. The lowest BCUT2D eigenvalue weighted by molar-refractivity contribution is -0.117. The van der Waals surface area contributed by atoms with Crippen molar-refractivity contribution in [2.24, 2.45) is 5.92 Å². The third kappa shape index (κ3) is 2.66. The van der Waals surface area contributed by atoms with Gasteiger partial charge in [-0.2, -0.15) is 0 Å². The smallest absolute Gasteiger partial charge is 0.227 e. The van der Waals surface area contributed by atoms with Crippen LogP contribution in [-0.2, 0) is 4.79 Å². The summed E-state index contributed by atoms with van der Waals surface area (Å²) in [4.78, 5) is 22.9. The molecule has 1 fully saturated rings. The van der Waals surface area contributed by atoms with Gasteiger partial charge in [0.25, 0.3) is 0 Å². The number of rotatable bonds is 3. The number of aromatic hydroxyl groups is 1. The average Bonchev–Trinajstić information content (AvgIpc) is 3.07. The van der Waals surface area contributed by atoms with Gasteiger partial charge in [0.15, 0.2) is 11.5 Å². The largest absolute Gasteiger partial charge is 0.505 e. The summed E-state index contributed by atoms with van der Waals surface area (Å²) in [5, 5.41) is 12.4. The molecule has 0 bridgehead atoms. The molecule has 0 unspecified atom stereocenters. The average molecular weight is 298 g/mol. The molecule has 1 saturated carbocycles. The summed E-state index contributed by atoms with van der Waals surface area (Å²) in [5.74, 6) is -0.223. The second-order valence-corrected chi connectivity index (χ2v) is 5.03. The number of benzene rings is 1. The highest BCUT2D eigenvalue weighted by atomic mass is 79.9. The van der Waals surface area contributed by atoms with Gasteiger partial charge in [0.2, 0.25) is 5.91 Å². The number of phenolic OH excluding ortho intramolecular Hbond substituents is 1. The van der Waals surface area contributed by atoms with E-state index in [4.69, 9.17) is 0 Å². The van der Waals surface area contributed by atoms with Crippen molar-refractivity contribution in [2.75, 3.05) is 5.32 Å². The van der Waals surface area contributed by atoms with Gasteiger partial charge in [-0.1, -0.05) is 0 Å². The molecule has 0 aromatic heterocycles. The van der Waals surface area contributed by atoms with Crippen molar-refractivity contribution >= 4 is 33.3 Å². The Balaban J connectivity index is 2.30. The lowest BCUT2D eigenvalue weighted by Crippen LogP contribution is -2.14. The number of amides is 1. The predicted octanol–water partition coefficient (Wildman–Crippen LogP) is 2.71. The highest BCUT2D eigenvalue weighted by Gasteiger charge is 2.30. The van der Waals surface area contributed by atoms with E-state index in [1.54, 1.807) is 0 Å². The number of phenols is 1. The molecular weight excluding hydrogens is 286 g/mol. The number of hydrogen-bond donors (Lipinski definition) is 2. The maximum Gasteiger partial charge on any atom is 0.227 e. The second-order valence-electron chi connectivity index (χ2n) is 4.17. The number of carbonyl (C=O) groups is 2. The molecule has 17 heavy (non-hydrogen) atoms. The van der Waals surface area contributed by atoms with Crippen LogP contribution in [0.3, 0.4) is 0 Å². The first kappa shape index (κ1) is 12.1. The molecule has 0 aliphatic heterocycles. The first-order chi connectivity index (χ1) is 7.99. The highest BCUT2D eigenvalue weighted by Crippen LogP contribution is 2.36. The van der Waals surface area contributed by atoms with Gasteiger partial charge in [0, 0.05) is 11.5 Å². The number of anilines is 1. The third-order valence-electron chi connectivity index (χ3n) is 2.68. The Hall–Kier alpha value is -1.36. The van der Waals surface area contributed by atoms with E-state index in [-0.39, 0.29) is 29.0 Å². The summed E-state index contributed by atoms with van der Waals surface area (Å²) in [5.41, 5.74) is 0.724. The molecule has 0 heterocycles. The van der Waals surface area contributed by atoms with Gasteiger partial charge >= 0.3 is 0 Å². The molecule has 0 atom stereocenters. The molecule has 4 nitrogen and oxygen atoms in total. The van der Waals surface area contributed by atoms with E-state index in [2.05, 4.69) is 21.2 Å². The second kappa shape index (κ2) is 4.49. The Morgan fingerprint density at radius 1 is 1.41 bits per heavy atom. The van der Waals surface area contributed by atoms with Crippen LogP contribution in [0.15, 0.2) is 16.6 Å². The maximum atomic E-state index is 11.6. The molecule has 90 valence electrons. The van der Waals surface area contributed by atoms with Crippen molar-refractivity contribution in [2.45, 2.75) is 19.8 Å². The van der Waals surface area contributed by atoms with E-state index in [1.165, 1.54) is 19.1 Å². The van der Waals surface area contributed by atoms with Crippen molar-refractivity contribution in [3.05, 3.63) is 22.2 Å². The summed E-state index contributed by atoms with van der Waals surface area (Å²) >= 11 is 3.15. The zero-order valence-electron chi connectivity index (χ0n) is 9.29. The molecule has 1 aromatic carbocycles. The van der Waals surface area contributed by atoms with Gasteiger partial charge in [0.05, 0.1) is 10.2 Å². The van der Waals surface area contributed by atoms with Crippen LogP contribution in [0.1, 0.15) is 30.1 Å². The Labute approximate surface area is 107 Å². The van der Waals surface area contributed by atoms with E-state index in [0.29, 0.717) is 10.0 Å². The number of halogens is 1. The SMILES string of the molecule is CC(=O)c1cc(Br)c(O)c(NC(=O)C2CC2)c1. The van der Waals surface area contributed by atoms with Gasteiger partial charge in [-0.25, -0.2) is 0 Å². The molecule has 1 aromatic rings. The Morgan fingerprint density at radius 2 is 2.06 bits per heavy atom. The number of ketones is 1. The Morgan fingerprint density at radius 3 is 2.59 bits per heavy atom. The molecule has 0 radical (unpaired) electrons. The summed E-state index contributed by atoms with van der Waals surface area (Å²) in [6, 6.07) is 3.02. The van der Waals surface area contributed by atoms with Gasteiger partial charge in [-0.05, 0) is 47.8 Å². The molecule has 1 aliphatic carbocycles. The fraction of sp³-hybridized carbons (Fsp3) is 0.333. The van der Waals surface area contributed by atoms with Crippen LogP contribution in [-0.4, -0.2) is 16.8 Å². The van der Waals surface area contributed by atoms with Gasteiger partial charge in [0.1, 0.15) is 0 Å². The number of carbonyl (C=O) groups excluding carboxylic acids is 2. The number of nitrogens with one attached hydrogen (secondary N) is 1. The molecule has 2 rings (SSSR count). The topological polar surface area (TPSA) is 66.4 Å². The molecule has 5 heteroatoms. The van der Waals surface area contributed by atoms with Crippen LogP contribution in [0.4, 0.5) is 5.69 Å². The van der Waals surface area contributed by atoms with Crippen LogP contribution in [0.5, 0.6) is 5.75 Å². The van der Waals surface area contributed by atoms with Crippen molar-refractivity contribution in [3.63, 3.8) is 0 Å². The van der Waals surface area contributed by atoms with Gasteiger partial charge in [-0.15, -0.1) is 0 Å². The van der Waals surface area contributed by atoms with E-state index >= 15 is 0 Å². The fourth-order valence-corrected chi connectivity index (χ4v) is 1.94. The van der Waals surface area contributed by atoms with Crippen LogP contribution in [0.2, 0.25) is 0 Å². The minimum Gasteiger partial charge on any atom is -0.505 e. The minimum atomic E-state index is -0.118. The van der Waals surface area contributed by atoms with Crippen LogP contribution in [0.25, 0.3) is 0 Å². The standard InChI is InChI=1S/C12H12BrNO3/c1-6(15)8-4-9(13)11(16)10(5-8)14-12(17)7-2-3-7/h4-5,7,16H,2-3H2,1H3,(H,14,17). The lowest BCUT2D eigenvalue weighted by Gasteiger charge is -2.09. The van der Waals surface area contributed by atoms with Crippen molar-refractivity contribution in [3.8, 4) is 5.75 Å². The third-order valence-corrected chi connectivity index (χ3v) is 3.28. The highest BCUT2D eigenvalue weighted by molar-refractivity contribution is 9.10. The fourth-order valence-electron chi connectivity index (χ4n) is 1.48. The molecule has 0 spiro atoms. The molecule has 2 N–H and O–H groups in total. The monoisotopic (exact) mass is 297 g/mol. The summed E-state index contributed by atoms with van der Waals surface area (Å²) < 4.78 is 0.399. The quantitative estimate of drug-likeness (QED) is 0.666. The van der Waals surface area contributed by atoms with E-state index in [1.807, 2.05) is 0 Å². The van der Waals surface area contributed by atoms with Crippen molar-refractivity contribution in [1.82, 2.24) is 0 Å². The molecule has 0 saturated heterocycles. The number of Topliss-reactive ketones (excluding diaryl/α,β-unsaturated/α-hetero) is 1. The summed E-state index contributed by atoms with van der Waals surface area (Å²) in [7, 11) is 0. The van der Waals surface area contributed by atoms with E-state index in [9.17, 15) is 14.7 Å². The zero-order chi connectivity index (χ0) is 12.6. The van der Waals surface area contributed by atoms with Crippen LogP contribution < -0.4 is 5.32 Å². The maximum absolute atomic E-state index is 11.6. The summed E-state index contributed by atoms with van der Waals surface area (Å²) in [6.07, 6.45) is 1.78. The predicted molar refractivity (Wildman–Crippen MR) is 67.2 cm³/mol. The first-order valence-electron chi connectivity index (χ1n) is 5.33. The molecular formula is C12H12BrNO3. The van der Waals surface area contributed by atoms with Crippen LogP contribution in [0, 0.1) is 5.92 Å². The lowest BCUT2D eigenvalue weighted by atomic mass is 10.1. The first-order valence-corrected chi connectivity index (χ1v) is 6.12.